The molecule has 24 heavy (non-hydrogen) atoms. The standard InChI is InChI=1S/C20H28BrN3/c1-22(2)20(16-7-9-17(21)10-8-16)19-12-11-18(23(19)3)15-24-13-5-4-6-14-24/h7-12,20H,4-6,13-15H2,1-3H3. The highest BCUT2D eigenvalue weighted by molar-refractivity contribution is 9.10. The molecule has 0 spiro atoms. The summed E-state index contributed by atoms with van der Waals surface area (Å²) in [5.74, 6) is 0. The Morgan fingerprint density at radius 1 is 1.00 bits per heavy atom. The highest BCUT2D eigenvalue weighted by Crippen LogP contribution is 2.29. The molecule has 3 rings (SSSR count). The lowest BCUT2D eigenvalue weighted by Gasteiger charge is -2.28. The van der Waals surface area contributed by atoms with Gasteiger partial charge in [0.1, 0.15) is 0 Å². The second kappa shape index (κ2) is 7.85. The van der Waals surface area contributed by atoms with Crippen LogP contribution in [0.4, 0.5) is 0 Å². The van der Waals surface area contributed by atoms with Gasteiger partial charge in [0, 0.05) is 29.5 Å². The fourth-order valence-electron chi connectivity index (χ4n) is 3.73. The van der Waals surface area contributed by atoms with Crippen molar-refractivity contribution in [2.45, 2.75) is 31.8 Å². The third-order valence-corrected chi connectivity index (χ3v) is 5.61. The molecule has 130 valence electrons. The van der Waals surface area contributed by atoms with Crippen LogP contribution < -0.4 is 0 Å². The molecule has 0 bridgehead atoms. The van der Waals surface area contributed by atoms with E-state index in [9.17, 15) is 0 Å². The Hall–Kier alpha value is -1.10. The van der Waals surface area contributed by atoms with E-state index >= 15 is 0 Å². The minimum Gasteiger partial charge on any atom is -0.349 e. The number of likely N-dealkylation sites (tertiary alicyclic amines) is 1. The van der Waals surface area contributed by atoms with Crippen LogP contribution in [0.3, 0.4) is 0 Å². The summed E-state index contributed by atoms with van der Waals surface area (Å²) in [5.41, 5.74) is 4.10. The first-order valence-electron chi connectivity index (χ1n) is 8.85. The van der Waals surface area contributed by atoms with Gasteiger partial charge in [-0.05, 0) is 69.9 Å². The van der Waals surface area contributed by atoms with Crippen molar-refractivity contribution < 1.29 is 0 Å². The molecule has 1 saturated heterocycles. The number of hydrogen-bond acceptors (Lipinski definition) is 2. The van der Waals surface area contributed by atoms with E-state index in [4.69, 9.17) is 0 Å². The van der Waals surface area contributed by atoms with Gasteiger partial charge in [0.15, 0.2) is 0 Å². The molecule has 1 aromatic carbocycles. The lowest BCUT2D eigenvalue weighted by atomic mass is 10.0. The lowest BCUT2D eigenvalue weighted by Crippen LogP contribution is -2.30. The van der Waals surface area contributed by atoms with Crippen molar-refractivity contribution in [1.82, 2.24) is 14.4 Å². The first-order valence-corrected chi connectivity index (χ1v) is 9.64. The van der Waals surface area contributed by atoms with E-state index in [0.717, 1.165) is 11.0 Å². The second-order valence-corrected chi connectivity index (χ2v) is 7.98. The molecule has 3 nitrogen and oxygen atoms in total. The fraction of sp³-hybridized carbons (Fsp3) is 0.500. The van der Waals surface area contributed by atoms with E-state index in [1.807, 2.05) is 0 Å². The number of nitrogens with zero attached hydrogens (tertiary/aromatic N) is 3. The zero-order chi connectivity index (χ0) is 17.1. The van der Waals surface area contributed by atoms with Gasteiger partial charge in [-0.25, -0.2) is 0 Å². The molecule has 1 aliphatic heterocycles. The van der Waals surface area contributed by atoms with Crippen molar-refractivity contribution in [2.75, 3.05) is 27.2 Å². The maximum Gasteiger partial charge on any atom is 0.0751 e. The van der Waals surface area contributed by atoms with Crippen LogP contribution in [0, 0.1) is 0 Å². The Labute approximate surface area is 154 Å². The van der Waals surface area contributed by atoms with E-state index in [0.29, 0.717) is 0 Å². The molecule has 1 unspecified atom stereocenters. The molecule has 0 saturated carbocycles. The summed E-state index contributed by atoms with van der Waals surface area (Å²) < 4.78 is 3.52. The molecule has 0 N–H and O–H groups in total. The number of piperidine rings is 1. The van der Waals surface area contributed by atoms with Crippen molar-refractivity contribution in [3.05, 3.63) is 57.8 Å². The summed E-state index contributed by atoms with van der Waals surface area (Å²) in [7, 11) is 6.53. The highest BCUT2D eigenvalue weighted by Gasteiger charge is 2.21. The Morgan fingerprint density at radius 3 is 2.29 bits per heavy atom. The zero-order valence-electron chi connectivity index (χ0n) is 15.0. The molecular formula is C20H28BrN3. The van der Waals surface area contributed by atoms with Gasteiger partial charge in [-0.3, -0.25) is 9.80 Å². The van der Waals surface area contributed by atoms with E-state index < -0.39 is 0 Å². The molecule has 0 amide bonds. The third-order valence-electron chi connectivity index (χ3n) is 5.08. The minimum atomic E-state index is 0.276. The van der Waals surface area contributed by atoms with E-state index in [1.165, 1.54) is 49.3 Å². The summed E-state index contributed by atoms with van der Waals surface area (Å²) in [4.78, 5) is 4.89. The predicted molar refractivity (Wildman–Crippen MR) is 104 cm³/mol. The largest absolute Gasteiger partial charge is 0.349 e. The topological polar surface area (TPSA) is 11.4 Å². The predicted octanol–water partition coefficient (Wildman–Crippen LogP) is 4.42. The zero-order valence-corrected chi connectivity index (χ0v) is 16.6. The van der Waals surface area contributed by atoms with Gasteiger partial charge in [-0.1, -0.05) is 34.5 Å². The molecule has 2 aromatic rings. The summed E-state index contributed by atoms with van der Waals surface area (Å²) in [6, 6.07) is 13.6. The number of halogens is 1. The number of rotatable bonds is 5. The normalized spacial score (nSPS) is 17.4. The first kappa shape index (κ1) is 17.7. The van der Waals surface area contributed by atoms with Crippen LogP contribution in [0.2, 0.25) is 0 Å². The third kappa shape index (κ3) is 3.93. The summed E-state index contributed by atoms with van der Waals surface area (Å²) in [6.07, 6.45) is 4.08. The first-order chi connectivity index (χ1) is 11.6. The lowest BCUT2D eigenvalue weighted by molar-refractivity contribution is 0.216. The van der Waals surface area contributed by atoms with Crippen LogP contribution >= 0.6 is 15.9 Å². The molecule has 1 aliphatic rings. The summed E-state index contributed by atoms with van der Waals surface area (Å²) in [6.45, 7) is 3.55. The van der Waals surface area contributed by atoms with Gasteiger partial charge < -0.3 is 4.57 Å². The molecule has 4 heteroatoms. The van der Waals surface area contributed by atoms with Gasteiger partial charge in [-0.2, -0.15) is 0 Å². The Morgan fingerprint density at radius 2 is 1.67 bits per heavy atom. The van der Waals surface area contributed by atoms with E-state index in [1.54, 1.807) is 0 Å². The molecule has 1 aromatic heterocycles. The molecule has 0 aliphatic carbocycles. The Balaban J connectivity index is 1.84. The second-order valence-electron chi connectivity index (χ2n) is 7.06. The summed E-state index contributed by atoms with van der Waals surface area (Å²) in [5, 5.41) is 0. The van der Waals surface area contributed by atoms with Crippen molar-refractivity contribution >= 4 is 15.9 Å². The van der Waals surface area contributed by atoms with Gasteiger partial charge in [0.2, 0.25) is 0 Å². The van der Waals surface area contributed by atoms with Crippen molar-refractivity contribution in [3.63, 3.8) is 0 Å². The quantitative estimate of drug-likeness (QED) is 0.749. The molecule has 1 fully saturated rings. The molecular weight excluding hydrogens is 362 g/mol. The van der Waals surface area contributed by atoms with Crippen LogP contribution in [0.15, 0.2) is 40.9 Å². The van der Waals surface area contributed by atoms with E-state index in [-0.39, 0.29) is 6.04 Å². The van der Waals surface area contributed by atoms with Gasteiger partial charge >= 0.3 is 0 Å². The van der Waals surface area contributed by atoms with Gasteiger partial charge in [0.05, 0.1) is 6.04 Å². The maximum absolute atomic E-state index is 3.54. The van der Waals surface area contributed by atoms with Crippen LogP contribution in [0.5, 0.6) is 0 Å². The van der Waals surface area contributed by atoms with Crippen molar-refractivity contribution in [2.24, 2.45) is 7.05 Å². The molecule has 0 radical (unpaired) electrons. The summed E-state index contributed by atoms with van der Waals surface area (Å²) >= 11 is 3.54. The molecule has 2 heterocycles. The van der Waals surface area contributed by atoms with Crippen molar-refractivity contribution in [3.8, 4) is 0 Å². The smallest absolute Gasteiger partial charge is 0.0751 e. The molecule has 1 atom stereocenters. The monoisotopic (exact) mass is 389 g/mol. The van der Waals surface area contributed by atoms with Crippen LogP contribution in [-0.4, -0.2) is 41.6 Å². The van der Waals surface area contributed by atoms with E-state index in [2.05, 4.69) is 87.8 Å². The van der Waals surface area contributed by atoms with Crippen LogP contribution in [-0.2, 0) is 13.6 Å². The number of benzene rings is 1. The number of aromatic nitrogens is 1. The minimum absolute atomic E-state index is 0.276. The average molecular weight is 390 g/mol. The highest BCUT2D eigenvalue weighted by atomic mass is 79.9. The maximum atomic E-state index is 3.54. The number of hydrogen-bond donors (Lipinski definition) is 0. The van der Waals surface area contributed by atoms with Crippen LogP contribution in [0.25, 0.3) is 0 Å². The average Bonchev–Trinajstić information content (AvgIpc) is 2.91. The van der Waals surface area contributed by atoms with Crippen molar-refractivity contribution in [1.29, 1.82) is 0 Å². The van der Waals surface area contributed by atoms with Gasteiger partial charge in [0.25, 0.3) is 0 Å². The van der Waals surface area contributed by atoms with Gasteiger partial charge in [-0.15, -0.1) is 0 Å². The SMILES string of the molecule is CN(C)C(c1ccc(Br)cc1)c1ccc(CN2CCCCC2)n1C. The Bertz CT molecular complexity index is 654. The fourth-order valence-corrected chi connectivity index (χ4v) is 3.99. The Kier molecular flexibility index (Phi) is 5.80. The van der Waals surface area contributed by atoms with Crippen LogP contribution in [0.1, 0.15) is 42.3 Å².